The molecule has 2 aromatic rings. The van der Waals surface area contributed by atoms with E-state index in [1.165, 1.54) is 11.8 Å². The van der Waals surface area contributed by atoms with Gasteiger partial charge in [-0.15, -0.1) is 0 Å². The fraction of sp³-hybridized carbons (Fsp3) is 0.250. The molecular formula is C20H18IN3O4S. The van der Waals surface area contributed by atoms with Gasteiger partial charge in [0, 0.05) is 28.3 Å². The lowest BCUT2D eigenvalue weighted by Gasteiger charge is -2.30. The lowest BCUT2D eigenvalue weighted by atomic mass is 10.2. The summed E-state index contributed by atoms with van der Waals surface area (Å²) in [6.45, 7) is 2.56. The standard InChI is InChI=1S/C20H18IN3O4S/c1-2-24-18(25)10-17(19(26)22-13-5-3-12(21)4-6-13)29-20(24)23-14-7-8-15-16(9-14)28-11-27-15/h3-9,17H,2,10-11H2,1H3,(H,22,26). The predicted molar refractivity (Wildman–Crippen MR) is 121 cm³/mol. The molecule has 0 bridgehead atoms. The summed E-state index contributed by atoms with van der Waals surface area (Å²) in [7, 11) is 0. The van der Waals surface area contributed by atoms with Crippen molar-refractivity contribution in [2.45, 2.75) is 18.6 Å². The lowest BCUT2D eigenvalue weighted by Crippen LogP contribution is -2.45. The van der Waals surface area contributed by atoms with Crippen molar-refractivity contribution in [1.82, 2.24) is 4.90 Å². The van der Waals surface area contributed by atoms with Crippen molar-refractivity contribution >= 4 is 62.7 Å². The van der Waals surface area contributed by atoms with Gasteiger partial charge in [-0.25, -0.2) is 4.99 Å². The first kappa shape index (κ1) is 20.0. The summed E-state index contributed by atoms with van der Waals surface area (Å²) < 4.78 is 11.8. The van der Waals surface area contributed by atoms with Crippen LogP contribution >= 0.6 is 34.4 Å². The van der Waals surface area contributed by atoms with Gasteiger partial charge in [-0.3, -0.25) is 14.5 Å². The number of aliphatic imine (C=N–C) groups is 1. The van der Waals surface area contributed by atoms with Crippen molar-refractivity contribution in [3.63, 3.8) is 0 Å². The fourth-order valence-electron chi connectivity index (χ4n) is 2.97. The van der Waals surface area contributed by atoms with E-state index in [1.807, 2.05) is 31.2 Å². The number of rotatable bonds is 4. The minimum atomic E-state index is -0.544. The number of amides is 2. The average molecular weight is 523 g/mol. The van der Waals surface area contributed by atoms with E-state index in [-0.39, 0.29) is 25.0 Å². The molecule has 2 amide bonds. The monoisotopic (exact) mass is 523 g/mol. The Morgan fingerprint density at radius 2 is 2.00 bits per heavy atom. The second-order valence-electron chi connectivity index (χ2n) is 6.38. The summed E-state index contributed by atoms with van der Waals surface area (Å²) in [5, 5.41) is 2.85. The van der Waals surface area contributed by atoms with E-state index < -0.39 is 5.25 Å². The van der Waals surface area contributed by atoms with Crippen molar-refractivity contribution in [3.05, 3.63) is 46.0 Å². The van der Waals surface area contributed by atoms with Crippen molar-refractivity contribution in [2.75, 3.05) is 18.7 Å². The Hall–Kier alpha value is -2.27. The van der Waals surface area contributed by atoms with Crippen molar-refractivity contribution in [2.24, 2.45) is 4.99 Å². The van der Waals surface area contributed by atoms with Crippen LogP contribution in [0.15, 0.2) is 47.5 Å². The number of carbonyl (C=O) groups is 2. The number of halogens is 1. The van der Waals surface area contributed by atoms with E-state index in [9.17, 15) is 9.59 Å². The summed E-state index contributed by atoms with van der Waals surface area (Å²) in [6, 6.07) is 12.9. The van der Waals surface area contributed by atoms with Gasteiger partial charge in [-0.1, -0.05) is 11.8 Å². The molecule has 1 saturated heterocycles. The van der Waals surface area contributed by atoms with Crippen LogP contribution in [0.5, 0.6) is 11.5 Å². The van der Waals surface area contributed by atoms with E-state index in [1.54, 1.807) is 23.1 Å². The number of anilines is 1. The number of amidine groups is 1. The Balaban J connectivity index is 1.55. The van der Waals surface area contributed by atoms with Crippen molar-refractivity contribution in [3.8, 4) is 11.5 Å². The molecule has 29 heavy (non-hydrogen) atoms. The molecule has 0 aromatic heterocycles. The van der Waals surface area contributed by atoms with Gasteiger partial charge >= 0.3 is 0 Å². The highest BCUT2D eigenvalue weighted by Crippen LogP contribution is 2.36. The molecular weight excluding hydrogens is 505 g/mol. The van der Waals surface area contributed by atoms with Gasteiger partial charge in [0.25, 0.3) is 0 Å². The highest BCUT2D eigenvalue weighted by Gasteiger charge is 2.35. The minimum Gasteiger partial charge on any atom is -0.454 e. The molecule has 2 aromatic carbocycles. The van der Waals surface area contributed by atoms with Crippen LogP contribution in [-0.4, -0.2) is 40.5 Å². The summed E-state index contributed by atoms with van der Waals surface area (Å²) >= 11 is 3.50. The second kappa shape index (κ2) is 8.62. The zero-order valence-corrected chi connectivity index (χ0v) is 18.5. The first-order chi connectivity index (χ1) is 14.0. The number of thioether (sulfide) groups is 1. The van der Waals surface area contributed by atoms with Crippen LogP contribution < -0.4 is 14.8 Å². The first-order valence-corrected chi connectivity index (χ1v) is 11.0. The molecule has 1 fully saturated rings. The van der Waals surface area contributed by atoms with E-state index in [0.29, 0.717) is 34.6 Å². The third-order valence-electron chi connectivity index (χ3n) is 4.44. The number of ether oxygens (including phenoxy) is 2. The van der Waals surface area contributed by atoms with E-state index in [4.69, 9.17) is 9.47 Å². The minimum absolute atomic E-state index is 0.117. The van der Waals surface area contributed by atoms with Gasteiger partial charge in [-0.05, 0) is 65.9 Å². The second-order valence-corrected chi connectivity index (χ2v) is 8.79. The molecule has 7 nitrogen and oxygen atoms in total. The van der Waals surface area contributed by atoms with Crippen LogP contribution in [0.1, 0.15) is 13.3 Å². The van der Waals surface area contributed by atoms with Gasteiger partial charge in [-0.2, -0.15) is 0 Å². The molecule has 150 valence electrons. The molecule has 1 N–H and O–H groups in total. The van der Waals surface area contributed by atoms with Crippen molar-refractivity contribution < 1.29 is 19.1 Å². The van der Waals surface area contributed by atoms with Crippen LogP contribution in [0.25, 0.3) is 0 Å². The van der Waals surface area contributed by atoms with Gasteiger partial charge in [0.15, 0.2) is 16.7 Å². The Labute approximate surface area is 186 Å². The summed E-state index contributed by atoms with van der Waals surface area (Å²) in [4.78, 5) is 31.6. The summed E-state index contributed by atoms with van der Waals surface area (Å²) in [6.07, 6.45) is 0.134. The summed E-state index contributed by atoms with van der Waals surface area (Å²) in [5.74, 6) is 0.964. The van der Waals surface area contributed by atoms with Crippen LogP contribution in [0.4, 0.5) is 11.4 Å². The van der Waals surface area contributed by atoms with Gasteiger partial charge in [0.1, 0.15) is 5.25 Å². The number of nitrogens with zero attached hydrogens (tertiary/aromatic N) is 2. The molecule has 0 saturated carbocycles. The van der Waals surface area contributed by atoms with E-state index >= 15 is 0 Å². The predicted octanol–water partition coefficient (Wildman–Crippen LogP) is 4.00. The number of benzene rings is 2. The quantitative estimate of drug-likeness (QED) is 0.614. The lowest BCUT2D eigenvalue weighted by molar-refractivity contribution is -0.129. The van der Waals surface area contributed by atoms with E-state index in [2.05, 4.69) is 32.9 Å². The zero-order valence-electron chi connectivity index (χ0n) is 15.6. The average Bonchev–Trinajstić information content (AvgIpc) is 3.17. The topological polar surface area (TPSA) is 80.2 Å². The molecule has 4 rings (SSSR count). The number of nitrogens with one attached hydrogen (secondary N) is 1. The van der Waals surface area contributed by atoms with Gasteiger partial charge in [0.2, 0.25) is 18.6 Å². The van der Waals surface area contributed by atoms with Crippen LogP contribution in [0, 0.1) is 3.57 Å². The van der Waals surface area contributed by atoms with Crippen LogP contribution in [0.2, 0.25) is 0 Å². The Bertz CT molecular complexity index is 980. The molecule has 0 aliphatic carbocycles. The Morgan fingerprint density at radius 1 is 1.24 bits per heavy atom. The Kier molecular flexibility index (Phi) is 5.95. The third-order valence-corrected chi connectivity index (χ3v) is 6.35. The van der Waals surface area contributed by atoms with Crippen LogP contribution in [0.3, 0.4) is 0 Å². The molecule has 0 spiro atoms. The molecule has 2 aliphatic heterocycles. The number of carbonyl (C=O) groups excluding carboxylic acids is 2. The number of hydrogen-bond donors (Lipinski definition) is 1. The maximum Gasteiger partial charge on any atom is 0.238 e. The molecule has 2 heterocycles. The normalized spacial score (nSPS) is 19.5. The largest absolute Gasteiger partial charge is 0.454 e. The SMILES string of the molecule is CCN1C(=O)CC(C(=O)Nc2ccc(I)cc2)SC1=Nc1ccc2c(c1)OCO2. The molecule has 9 heteroatoms. The third kappa shape index (κ3) is 4.50. The maximum atomic E-state index is 12.7. The molecule has 2 aliphatic rings. The zero-order chi connectivity index (χ0) is 20.4. The van der Waals surface area contributed by atoms with Gasteiger partial charge < -0.3 is 14.8 Å². The van der Waals surface area contributed by atoms with Gasteiger partial charge in [0.05, 0.1) is 5.69 Å². The molecule has 1 unspecified atom stereocenters. The first-order valence-electron chi connectivity index (χ1n) is 9.05. The maximum absolute atomic E-state index is 12.7. The van der Waals surface area contributed by atoms with Crippen molar-refractivity contribution in [1.29, 1.82) is 0 Å². The fourth-order valence-corrected chi connectivity index (χ4v) is 4.50. The highest BCUT2D eigenvalue weighted by atomic mass is 127. The summed E-state index contributed by atoms with van der Waals surface area (Å²) in [5.41, 5.74) is 1.34. The van der Waals surface area contributed by atoms with Crippen LogP contribution in [-0.2, 0) is 9.59 Å². The van der Waals surface area contributed by atoms with E-state index in [0.717, 1.165) is 3.57 Å². The Morgan fingerprint density at radius 3 is 2.76 bits per heavy atom. The number of hydrogen-bond acceptors (Lipinski definition) is 6. The number of fused-ring (bicyclic) bond motifs is 1. The highest BCUT2D eigenvalue weighted by molar-refractivity contribution is 14.1. The smallest absolute Gasteiger partial charge is 0.238 e. The molecule has 0 radical (unpaired) electrons. The molecule has 1 atom stereocenters.